The summed E-state index contributed by atoms with van der Waals surface area (Å²) >= 11 is 1.68. The summed E-state index contributed by atoms with van der Waals surface area (Å²) in [4.78, 5) is 14.9. The van der Waals surface area contributed by atoms with Crippen molar-refractivity contribution in [1.29, 1.82) is 0 Å². The van der Waals surface area contributed by atoms with Crippen LogP contribution in [0.4, 0.5) is 5.82 Å². The Morgan fingerprint density at radius 3 is 3.11 bits per heavy atom. The molecular formula is C13H12N4S. The highest BCUT2D eigenvalue weighted by Gasteiger charge is 2.06. The van der Waals surface area contributed by atoms with Gasteiger partial charge in [-0.2, -0.15) is 0 Å². The maximum Gasteiger partial charge on any atom is 0.138 e. The summed E-state index contributed by atoms with van der Waals surface area (Å²) < 4.78 is 0. The van der Waals surface area contributed by atoms with Crippen molar-refractivity contribution >= 4 is 27.4 Å². The van der Waals surface area contributed by atoms with Crippen LogP contribution < -0.4 is 5.32 Å². The first-order valence-corrected chi connectivity index (χ1v) is 6.48. The van der Waals surface area contributed by atoms with Crippen LogP contribution in [-0.2, 0) is 6.54 Å². The first-order chi connectivity index (χ1) is 8.83. The summed E-state index contributed by atoms with van der Waals surface area (Å²) in [5.74, 6) is 0.883. The fraction of sp³-hybridized carbons (Fsp3) is 0.154. The van der Waals surface area contributed by atoms with Crippen molar-refractivity contribution in [3.8, 4) is 0 Å². The maximum atomic E-state index is 4.30. The Hall–Kier alpha value is -2.01. The van der Waals surface area contributed by atoms with Crippen molar-refractivity contribution in [2.45, 2.75) is 13.5 Å². The van der Waals surface area contributed by atoms with Gasteiger partial charge < -0.3 is 5.32 Å². The van der Waals surface area contributed by atoms with E-state index in [9.17, 15) is 0 Å². The summed E-state index contributed by atoms with van der Waals surface area (Å²) in [5, 5.41) is 4.42. The molecule has 5 heteroatoms. The van der Waals surface area contributed by atoms with Crippen molar-refractivity contribution in [2.75, 3.05) is 5.32 Å². The third-order valence-electron chi connectivity index (χ3n) is 2.64. The van der Waals surface area contributed by atoms with E-state index in [-0.39, 0.29) is 0 Å². The van der Waals surface area contributed by atoms with E-state index in [1.54, 1.807) is 23.9 Å². The zero-order chi connectivity index (χ0) is 12.4. The molecule has 90 valence electrons. The molecule has 0 atom stereocenters. The third kappa shape index (κ3) is 2.17. The molecule has 3 heterocycles. The Balaban J connectivity index is 1.86. The lowest BCUT2D eigenvalue weighted by molar-refractivity contribution is 1.08. The number of hydrogen-bond acceptors (Lipinski definition) is 5. The smallest absolute Gasteiger partial charge is 0.138 e. The fourth-order valence-electron chi connectivity index (χ4n) is 1.81. The molecule has 0 fully saturated rings. The Bertz CT molecular complexity index is 663. The number of nitrogens with one attached hydrogen (secondary N) is 1. The molecule has 0 aliphatic rings. The Morgan fingerprint density at radius 1 is 1.33 bits per heavy atom. The van der Waals surface area contributed by atoms with Crippen LogP contribution in [0.5, 0.6) is 0 Å². The van der Waals surface area contributed by atoms with Gasteiger partial charge in [-0.05, 0) is 24.6 Å². The van der Waals surface area contributed by atoms with E-state index in [2.05, 4.69) is 33.3 Å². The van der Waals surface area contributed by atoms with E-state index in [4.69, 9.17) is 0 Å². The molecule has 0 aliphatic heterocycles. The van der Waals surface area contributed by atoms with Gasteiger partial charge in [0.05, 0.1) is 5.39 Å². The van der Waals surface area contributed by atoms with Gasteiger partial charge in [0.15, 0.2) is 0 Å². The number of fused-ring (bicyclic) bond motifs is 1. The molecule has 0 amide bonds. The SMILES string of the molecule is Cc1cc2c(NCc3cccnc3)ncnc2s1. The van der Waals surface area contributed by atoms with E-state index in [0.717, 1.165) is 28.1 Å². The average molecular weight is 256 g/mol. The van der Waals surface area contributed by atoms with Crippen molar-refractivity contribution in [3.05, 3.63) is 47.4 Å². The summed E-state index contributed by atoms with van der Waals surface area (Å²) in [6, 6.07) is 6.09. The second-order valence-corrected chi connectivity index (χ2v) is 5.25. The van der Waals surface area contributed by atoms with Gasteiger partial charge in [0.2, 0.25) is 0 Å². The minimum absolute atomic E-state index is 0.717. The van der Waals surface area contributed by atoms with Crippen molar-refractivity contribution in [1.82, 2.24) is 15.0 Å². The van der Waals surface area contributed by atoms with Crippen molar-refractivity contribution in [3.63, 3.8) is 0 Å². The minimum atomic E-state index is 0.717. The summed E-state index contributed by atoms with van der Waals surface area (Å²) in [7, 11) is 0. The lowest BCUT2D eigenvalue weighted by atomic mass is 10.3. The average Bonchev–Trinajstić information content (AvgIpc) is 2.78. The minimum Gasteiger partial charge on any atom is -0.365 e. The van der Waals surface area contributed by atoms with Crippen LogP contribution in [0.15, 0.2) is 36.9 Å². The zero-order valence-electron chi connectivity index (χ0n) is 9.92. The van der Waals surface area contributed by atoms with Crippen LogP contribution in [0, 0.1) is 6.92 Å². The molecular weight excluding hydrogens is 244 g/mol. The molecule has 0 unspecified atom stereocenters. The summed E-state index contributed by atoms with van der Waals surface area (Å²) in [6.07, 6.45) is 5.22. The third-order valence-corrected chi connectivity index (χ3v) is 3.59. The lowest BCUT2D eigenvalue weighted by Gasteiger charge is -2.05. The Kier molecular flexibility index (Phi) is 2.90. The number of anilines is 1. The van der Waals surface area contributed by atoms with Gasteiger partial charge in [-0.25, -0.2) is 9.97 Å². The number of nitrogens with zero attached hydrogens (tertiary/aromatic N) is 3. The standard InChI is InChI=1S/C13H12N4S/c1-9-5-11-12(16-8-17-13(11)18-9)15-7-10-3-2-4-14-6-10/h2-6,8H,7H2,1H3,(H,15,16,17). The molecule has 0 bridgehead atoms. The van der Waals surface area contributed by atoms with E-state index in [1.807, 2.05) is 18.3 Å². The molecule has 3 rings (SSSR count). The van der Waals surface area contributed by atoms with Gasteiger partial charge in [0.25, 0.3) is 0 Å². The van der Waals surface area contributed by atoms with Crippen LogP contribution in [-0.4, -0.2) is 15.0 Å². The van der Waals surface area contributed by atoms with Gasteiger partial charge in [0, 0.05) is 23.8 Å². The second-order valence-electron chi connectivity index (χ2n) is 4.01. The Morgan fingerprint density at radius 2 is 2.28 bits per heavy atom. The molecule has 0 saturated heterocycles. The van der Waals surface area contributed by atoms with E-state index >= 15 is 0 Å². The van der Waals surface area contributed by atoms with Crippen LogP contribution in [0.3, 0.4) is 0 Å². The quantitative estimate of drug-likeness (QED) is 0.782. The van der Waals surface area contributed by atoms with Crippen molar-refractivity contribution in [2.24, 2.45) is 0 Å². The topological polar surface area (TPSA) is 50.7 Å². The largest absolute Gasteiger partial charge is 0.365 e. The number of pyridine rings is 1. The molecule has 18 heavy (non-hydrogen) atoms. The molecule has 3 aromatic rings. The number of rotatable bonds is 3. The van der Waals surface area contributed by atoms with Gasteiger partial charge >= 0.3 is 0 Å². The predicted molar refractivity (Wildman–Crippen MR) is 73.7 cm³/mol. The predicted octanol–water partition coefficient (Wildman–Crippen LogP) is 3.01. The molecule has 4 nitrogen and oxygen atoms in total. The van der Waals surface area contributed by atoms with Crippen LogP contribution in [0.2, 0.25) is 0 Å². The number of thiophene rings is 1. The second kappa shape index (κ2) is 4.70. The van der Waals surface area contributed by atoms with E-state index in [1.165, 1.54) is 4.88 Å². The molecule has 1 N–H and O–H groups in total. The van der Waals surface area contributed by atoms with E-state index in [0.29, 0.717) is 0 Å². The number of hydrogen-bond donors (Lipinski definition) is 1. The first kappa shape index (κ1) is 11.1. The normalized spacial score (nSPS) is 10.7. The highest BCUT2D eigenvalue weighted by atomic mass is 32.1. The highest BCUT2D eigenvalue weighted by Crippen LogP contribution is 2.27. The van der Waals surface area contributed by atoms with Crippen LogP contribution >= 0.6 is 11.3 Å². The summed E-state index contributed by atoms with van der Waals surface area (Å²) in [5.41, 5.74) is 1.14. The molecule has 0 aliphatic carbocycles. The molecule has 0 aromatic carbocycles. The molecule has 0 radical (unpaired) electrons. The van der Waals surface area contributed by atoms with E-state index < -0.39 is 0 Å². The molecule has 3 aromatic heterocycles. The first-order valence-electron chi connectivity index (χ1n) is 5.67. The number of aryl methyl sites for hydroxylation is 1. The zero-order valence-corrected chi connectivity index (χ0v) is 10.7. The lowest BCUT2D eigenvalue weighted by Crippen LogP contribution is -2.02. The van der Waals surface area contributed by atoms with Gasteiger partial charge in [-0.3, -0.25) is 4.98 Å². The highest BCUT2D eigenvalue weighted by molar-refractivity contribution is 7.18. The maximum absolute atomic E-state index is 4.30. The van der Waals surface area contributed by atoms with Gasteiger partial charge in [-0.1, -0.05) is 6.07 Å². The molecule has 0 saturated carbocycles. The van der Waals surface area contributed by atoms with Crippen molar-refractivity contribution < 1.29 is 0 Å². The molecule has 0 spiro atoms. The van der Waals surface area contributed by atoms with Gasteiger partial charge in [-0.15, -0.1) is 11.3 Å². The Labute approximate surface area is 109 Å². The van der Waals surface area contributed by atoms with Gasteiger partial charge in [0.1, 0.15) is 17.0 Å². The summed E-state index contributed by atoms with van der Waals surface area (Å²) in [6.45, 7) is 2.80. The van der Waals surface area contributed by atoms with Crippen LogP contribution in [0.1, 0.15) is 10.4 Å². The fourth-order valence-corrected chi connectivity index (χ4v) is 2.65. The van der Waals surface area contributed by atoms with Crippen LogP contribution in [0.25, 0.3) is 10.2 Å². The number of aromatic nitrogens is 3. The monoisotopic (exact) mass is 256 g/mol.